The van der Waals surface area contributed by atoms with Gasteiger partial charge in [-0.15, -0.1) is 0 Å². The number of carbonyl (C=O) groups is 2. The van der Waals surface area contributed by atoms with Crippen molar-refractivity contribution in [2.45, 2.75) is 18.9 Å². The third-order valence-electron chi connectivity index (χ3n) is 4.24. The first-order valence-corrected chi connectivity index (χ1v) is 8.29. The summed E-state index contributed by atoms with van der Waals surface area (Å²) in [6.45, 7) is 0. The molecule has 0 saturated heterocycles. The number of carboxylic acids is 1. The molecule has 132 valence electrons. The molecule has 3 N–H and O–H groups in total. The molecule has 0 bridgehead atoms. The van der Waals surface area contributed by atoms with Crippen LogP contribution in [0.25, 0.3) is 10.8 Å². The van der Waals surface area contributed by atoms with Crippen molar-refractivity contribution in [1.82, 2.24) is 5.32 Å². The van der Waals surface area contributed by atoms with Gasteiger partial charge in [-0.1, -0.05) is 54.6 Å². The summed E-state index contributed by atoms with van der Waals surface area (Å²) in [5.41, 5.74) is 1.58. The van der Waals surface area contributed by atoms with Crippen LogP contribution in [0.2, 0.25) is 0 Å². The van der Waals surface area contributed by atoms with E-state index in [2.05, 4.69) is 5.32 Å². The lowest BCUT2D eigenvalue weighted by atomic mass is 10.0. The second kappa shape index (κ2) is 7.70. The molecule has 0 saturated carbocycles. The number of rotatable bonds is 6. The summed E-state index contributed by atoms with van der Waals surface area (Å²) in [5.74, 6) is -1.32. The molecule has 1 atom stereocenters. The van der Waals surface area contributed by atoms with Crippen LogP contribution in [-0.2, 0) is 22.4 Å². The van der Waals surface area contributed by atoms with Gasteiger partial charge in [0.15, 0.2) is 0 Å². The van der Waals surface area contributed by atoms with Gasteiger partial charge in [-0.05, 0) is 34.0 Å². The second-order valence-corrected chi connectivity index (χ2v) is 6.14. The third kappa shape index (κ3) is 4.19. The number of phenolic OH excluding ortho intramolecular Hbond substituents is 1. The van der Waals surface area contributed by atoms with E-state index in [0.717, 1.165) is 21.9 Å². The number of hydrogen-bond donors (Lipinski definition) is 3. The maximum Gasteiger partial charge on any atom is 0.326 e. The van der Waals surface area contributed by atoms with Crippen molar-refractivity contribution < 1.29 is 19.8 Å². The Balaban J connectivity index is 1.71. The van der Waals surface area contributed by atoms with Crippen molar-refractivity contribution in [3.63, 3.8) is 0 Å². The van der Waals surface area contributed by atoms with Gasteiger partial charge in [-0.25, -0.2) is 4.79 Å². The minimum atomic E-state index is -1.09. The number of aromatic hydroxyl groups is 1. The van der Waals surface area contributed by atoms with Crippen LogP contribution in [-0.4, -0.2) is 28.1 Å². The van der Waals surface area contributed by atoms with Crippen molar-refractivity contribution >= 4 is 22.6 Å². The van der Waals surface area contributed by atoms with E-state index in [0.29, 0.717) is 0 Å². The largest absolute Gasteiger partial charge is 0.508 e. The first-order chi connectivity index (χ1) is 12.5. The molecule has 26 heavy (non-hydrogen) atoms. The predicted molar refractivity (Wildman–Crippen MR) is 99.0 cm³/mol. The van der Waals surface area contributed by atoms with E-state index in [-0.39, 0.29) is 24.5 Å². The standard InChI is InChI=1S/C21H19NO4/c23-17-10-8-14(9-11-17)12-19(21(25)26)22-20(24)13-16-6-3-5-15-4-1-2-7-18(15)16/h1-11,19,23H,12-13H2,(H,22,24)(H,25,26). The normalized spacial score (nSPS) is 11.8. The summed E-state index contributed by atoms with van der Waals surface area (Å²) in [6, 6.07) is 18.7. The van der Waals surface area contributed by atoms with Gasteiger partial charge in [0.1, 0.15) is 11.8 Å². The van der Waals surface area contributed by atoms with E-state index in [1.807, 2.05) is 42.5 Å². The summed E-state index contributed by atoms with van der Waals surface area (Å²) in [4.78, 5) is 23.9. The lowest BCUT2D eigenvalue weighted by Crippen LogP contribution is -2.43. The Bertz CT molecular complexity index is 929. The molecule has 1 amide bonds. The molecular weight excluding hydrogens is 330 g/mol. The molecule has 0 aromatic heterocycles. The van der Waals surface area contributed by atoms with Crippen LogP contribution in [0.5, 0.6) is 5.75 Å². The van der Waals surface area contributed by atoms with Crippen LogP contribution >= 0.6 is 0 Å². The quantitative estimate of drug-likeness (QED) is 0.639. The maximum absolute atomic E-state index is 12.4. The van der Waals surface area contributed by atoms with Crippen molar-refractivity contribution in [3.05, 3.63) is 77.9 Å². The van der Waals surface area contributed by atoms with E-state index in [9.17, 15) is 19.8 Å². The van der Waals surface area contributed by atoms with Gasteiger partial charge in [0.05, 0.1) is 6.42 Å². The minimum Gasteiger partial charge on any atom is -0.508 e. The topological polar surface area (TPSA) is 86.6 Å². The van der Waals surface area contributed by atoms with E-state index in [1.54, 1.807) is 12.1 Å². The average Bonchev–Trinajstić information content (AvgIpc) is 2.63. The SMILES string of the molecule is O=C(Cc1cccc2ccccc12)NC(Cc1ccc(O)cc1)C(=O)O. The lowest BCUT2D eigenvalue weighted by Gasteiger charge is -2.15. The molecule has 0 aliphatic heterocycles. The van der Waals surface area contributed by atoms with Gasteiger partial charge in [-0.3, -0.25) is 4.79 Å². The molecule has 3 aromatic rings. The van der Waals surface area contributed by atoms with Gasteiger partial charge >= 0.3 is 5.97 Å². The Kier molecular flexibility index (Phi) is 5.17. The number of carbonyl (C=O) groups excluding carboxylic acids is 1. The van der Waals surface area contributed by atoms with Gasteiger partial charge in [0, 0.05) is 6.42 Å². The predicted octanol–water partition coefficient (Wildman–Crippen LogP) is 2.90. The molecule has 0 heterocycles. The molecule has 3 aromatic carbocycles. The molecule has 0 aliphatic carbocycles. The Morgan fingerprint density at radius 1 is 0.923 bits per heavy atom. The first kappa shape index (κ1) is 17.5. The van der Waals surface area contributed by atoms with Crippen molar-refractivity contribution in [1.29, 1.82) is 0 Å². The Morgan fingerprint density at radius 2 is 1.62 bits per heavy atom. The fourth-order valence-corrected chi connectivity index (χ4v) is 2.93. The lowest BCUT2D eigenvalue weighted by molar-refractivity contribution is -0.141. The highest BCUT2D eigenvalue weighted by molar-refractivity contribution is 5.91. The fraction of sp³-hybridized carbons (Fsp3) is 0.143. The summed E-state index contributed by atoms with van der Waals surface area (Å²) in [5, 5.41) is 23.3. The molecule has 0 spiro atoms. The van der Waals surface area contributed by atoms with E-state index in [4.69, 9.17) is 0 Å². The van der Waals surface area contributed by atoms with Gasteiger partial charge in [0.25, 0.3) is 0 Å². The minimum absolute atomic E-state index is 0.112. The van der Waals surface area contributed by atoms with Gasteiger partial charge < -0.3 is 15.5 Å². The van der Waals surface area contributed by atoms with E-state index in [1.165, 1.54) is 12.1 Å². The molecule has 5 nitrogen and oxygen atoms in total. The summed E-state index contributed by atoms with van der Waals surface area (Å²) in [7, 11) is 0. The zero-order chi connectivity index (χ0) is 18.5. The molecule has 0 fully saturated rings. The van der Waals surface area contributed by atoms with Crippen molar-refractivity contribution in [2.75, 3.05) is 0 Å². The van der Waals surface area contributed by atoms with Crippen LogP contribution in [0, 0.1) is 0 Å². The molecule has 0 aliphatic rings. The molecule has 5 heteroatoms. The van der Waals surface area contributed by atoms with Crippen LogP contribution in [0.15, 0.2) is 66.7 Å². The number of carboxylic acid groups (broad SMARTS) is 1. The number of phenols is 1. The van der Waals surface area contributed by atoms with Crippen LogP contribution in [0.1, 0.15) is 11.1 Å². The Morgan fingerprint density at radius 3 is 2.35 bits per heavy atom. The van der Waals surface area contributed by atoms with E-state index >= 15 is 0 Å². The number of amides is 1. The summed E-state index contributed by atoms with van der Waals surface area (Å²) < 4.78 is 0. The monoisotopic (exact) mass is 349 g/mol. The summed E-state index contributed by atoms with van der Waals surface area (Å²) in [6.07, 6.45) is 0.262. The summed E-state index contributed by atoms with van der Waals surface area (Å²) >= 11 is 0. The fourth-order valence-electron chi connectivity index (χ4n) is 2.93. The van der Waals surface area contributed by atoms with Gasteiger partial charge in [0.2, 0.25) is 5.91 Å². The number of aliphatic carboxylic acids is 1. The Labute approximate surface area is 150 Å². The zero-order valence-electron chi connectivity index (χ0n) is 14.1. The molecule has 3 rings (SSSR count). The zero-order valence-corrected chi connectivity index (χ0v) is 14.1. The average molecular weight is 349 g/mol. The molecular formula is C21H19NO4. The molecule has 0 radical (unpaired) electrons. The van der Waals surface area contributed by atoms with Crippen molar-refractivity contribution in [2.24, 2.45) is 0 Å². The number of nitrogens with one attached hydrogen (secondary N) is 1. The van der Waals surface area contributed by atoms with Crippen LogP contribution in [0.3, 0.4) is 0 Å². The Hall–Kier alpha value is -3.34. The smallest absolute Gasteiger partial charge is 0.326 e. The molecule has 1 unspecified atom stereocenters. The second-order valence-electron chi connectivity index (χ2n) is 6.14. The highest BCUT2D eigenvalue weighted by Crippen LogP contribution is 2.19. The van der Waals surface area contributed by atoms with Crippen molar-refractivity contribution in [3.8, 4) is 5.75 Å². The maximum atomic E-state index is 12.4. The van der Waals surface area contributed by atoms with E-state index < -0.39 is 12.0 Å². The number of hydrogen-bond acceptors (Lipinski definition) is 3. The first-order valence-electron chi connectivity index (χ1n) is 8.29. The third-order valence-corrected chi connectivity index (χ3v) is 4.24. The number of fused-ring (bicyclic) bond motifs is 1. The highest BCUT2D eigenvalue weighted by Gasteiger charge is 2.20. The number of benzene rings is 3. The van der Waals surface area contributed by atoms with Crippen LogP contribution in [0.4, 0.5) is 0 Å². The van der Waals surface area contributed by atoms with Gasteiger partial charge in [-0.2, -0.15) is 0 Å². The highest BCUT2D eigenvalue weighted by atomic mass is 16.4. The van der Waals surface area contributed by atoms with Crippen LogP contribution < -0.4 is 5.32 Å².